The Kier molecular flexibility index (Phi) is 4.40. The fraction of sp³-hybridized carbons (Fsp3) is 0.300. The van der Waals surface area contributed by atoms with E-state index in [1.165, 1.54) is 0 Å². The predicted molar refractivity (Wildman–Crippen MR) is 59.1 cm³/mol. The van der Waals surface area contributed by atoms with Crippen LogP contribution in [0.3, 0.4) is 0 Å². The van der Waals surface area contributed by atoms with Crippen LogP contribution in [0.1, 0.15) is 18.6 Å². The zero-order chi connectivity index (χ0) is 10.6. The molecule has 1 unspecified atom stereocenters. The second-order valence-electron chi connectivity index (χ2n) is 2.64. The van der Waals surface area contributed by atoms with Crippen molar-refractivity contribution in [1.29, 1.82) is 5.26 Å². The Labute approximate surface area is 96.6 Å². The van der Waals surface area contributed by atoms with Crippen LogP contribution in [0.15, 0.2) is 22.7 Å². The third-order valence-corrected chi connectivity index (χ3v) is 2.93. The largest absolute Gasteiger partial charge is 0.359 e. The molecule has 0 amide bonds. The van der Waals surface area contributed by atoms with Gasteiger partial charge >= 0.3 is 0 Å². The van der Waals surface area contributed by atoms with Crippen molar-refractivity contribution in [1.82, 2.24) is 0 Å². The van der Waals surface area contributed by atoms with Crippen LogP contribution in [0.4, 0.5) is 0 Å². The van der Waals surface area contributed by atoms with Gasteiger partial charge in [-0.3, -0.25) is 0 Å². The van der Waals surface area contributed by atoms with Crippen molar-refractivity contribution >= 4 is 27.5 Å². The molecule has 2 nitrogen and oxygen atoms in total. The Morgan fingerprint density at radius 1 is 1.64 bits per heavy atom. The minimum absolute atomic E-state index is 0.506. The van der Waals surface area contributed by atoms with E-state index in [1.54, 1.807) is 12.1 Å². The quantitative estimate of drug-likeness (QED) is 0.842. The monoisotopic (exact) mass is 273 g/mol. The molecule has 0 aromatic heterocycles. The number of halogens is 2. The first-order valence-electron chi connectivity index (χ1n) is 4.15. The number of rotatable bonds is 3. The van der Waals surface area contributed by atoms with Gasteiger partial charge in [0.15, 0.2) is 6.10 Å². The van der Waals surface area contributed by atoms with Gasteiger partial charge in [0.1, 0.15) is 0 Å². The molecule has 0 fully saturated rings. The lowest BCUT2D eigenvalue weighted by atomic mass is 10.1. The molecule has 0 N–H and O–H groups in total. The predicted octanol–water partition coefficient (Wildman–Crippen LogP) is 3.70. The topological polar surface area (TPSA) is 33.0 Å². The zero-order valence-corrected chi connectivity index (χ0v) is 9.97. The van der Waals surface area contributed by atoms with E-state index in [1.807, 2.05) is 13.0 Å². The Morgan fingerprint density at radius 2 is 2.36 bits per heavy atom. The SMILES string of the molecule is CCOC(C#N)c1ccc(Br)c(Cl)c1. The van der Waals surface area contributed by atoms with Crippen molar-refractivity contribution in [2.75, 3.05) is 6.61 Å². The van der Waals surface area contributed by atoms with Crippen LogP contribution in [0.25, 0.3) is 0 Å². The second kappa shape index (κ2) is 5.35. The molecule has 74 valence electrons. The van der Waals surface area contributed by atoms with Gasteiger partial charge in [-0.25, -0.2) is 0 Å². The summed E-state index contributed by atoms with van der Waals surface area (Å²) in [6, 6.07) is 7.43. The summed E-state index contributed by atoms with van der Waals surface area (Å²) in [4.78, 5) is 0. The van der Waals surface area contributed by atoms with Gasteiger partial charge in [-0.1, -0.05) is 17.7 Å². The second-order valence-corrected chi connectivity index (χ2v) is 3.90. The third kappa shape index (κ3) is 2.71. The lowest BCUT2D eigenvalue weighted by Crippen LogP contribution is -2.01. The summed E-state index contributed by atoms with van der Waals surface area (Å²) in [7, 11) is 0. The number of ether oxygens (including phenoxy) is 1. The van der Waals surface area contributed by atoms with Crippen LogP contribution >= 0.6 is 27.5 Å². The number of hydrogen-bond donors (Lipinski definition) is 0. The lowest BCUT2D eigenvalue weighted by molar-refractivity contribution is 0.102. The first-order valence-corrected chi connectivity index (χ1v) is 5.32. The Hall–Kier alpha value is -0.560. The minimum Gasteiger partial charge on any atom is -0.359 e. The maximum absolute atomic E-state index is 8.84. The summed E-state index contributed by atoms with van der Waals surface area (Å²) in [5.74, 6) is 0. The highest BCUT2D eigenvalue weighted by Gasteiger charge is 2.11. The molecular weight excluding hydrogens is 265 g/mol. The van der Waals surface area contributed by atoms with Crippen molar-refractivity contribution in [2.45, 2.75) is 13.0 Å². The maximum Gasteiger partial charge on any atom is 0.169 e. The highest BCUT2D eigenvalue weighted by molar-refractivity contribution is 9.10. The van der Waals surface area contributed by atoms with E-state index >= 15 is 0 Å². The first-order chi connectivity index (χ1) is 6.69. The van der Waals surface area contributed by atoms with E-state index in [-0.39, 0.29) is 0 Å². The fourth-order valence-electron chi connectivity index (χ4n) is 1.05. The number of nitriles is 1. The van der Waals surface area contributed by atoms with Crippen molar-refractivity contribution < 1.29 is 4.74 Å². The fourth-order valence-corrected chi connectivity index (χ4v) is 1.49. The molecule has 4 heteroatoms. The average Bonchev–Trinajstić information content (AvgIpc) is 2.19. The summed E-state index contributed by atoms with van der Waals surface area (Å²) < 4.78 is 6.05. The molecule has 14 heavy (non-hydrogen) atoms. The van der Waals surface area contributed by atoms with Crippen molar-refractivity contribution in [3.8, 4) is 6.07 Å². The lowest BCUT2D eigenvalue weighted by Gasteiger charge is -2.09. The molecular formula is C10H9BrClNO. The molecule has 0 aliphatic rings. The Morgan fingerprint density at radius 3 is 2.86 bits per heavy atom. The summed E-state index contributed by atoms with van der Waals surface area (Å²) in [6.45, 7) is 2.36. The van der Waals surface area contributed by atoms with Crippen LogP contribution in [-0.4, -0.2) is 6.61 Å². The molecule has 1 rings (SSSR count). The smallest absolute Gasteiger partial charge is 0.169 e. The van der Waals surface area contributed by atoms with Crippen LogP contribution in [0.5, 0.6) is 0 Å². The van der Waals surface area contributed by atoms with Crippen LogP contribution in [0, 0.1) is 11.3 Å². The number of hydrogen-bond acceptors (Lipinski definition) is 2. The normalized spacial score (nSPS) is 12.1. The molecule has 0 spiro atoms. The number of benzene rings is 1. The van der Waals surface area contributed by atoms with E-state index in [0.717, 1.165) is 10.0 Å². The van der Waals surface area contributed by atoms with E-state index in [9.17, 15) is 0 Å². The van der Waals surface area contributed by atoms with Crippen molar-refractivity contribution in [3.63, 3.8) is 0 Å². The molecule has 1 aromatic carbocycles. The van der Waals surface area contributed by atoms with Crippen molar-refractivity contribution in [3.05, 3.63) is 33.3 Å². The standard InChI is InChI=1S/C10H9BrClNO/c1-2-14-10(6-13)7-3-4-8(11)9(12)5-7/h3-5,10H,2H2,1H3. The highest BCUT2D eigenvalue weighted by Crippen LogP contribution is 2.27. The molecule has 0 saturated heterocycles. The molecule has 0 radical (unpaired) electrons. The van der Waals surface area contributed by atoms with Gasteiger partial charge in [0.25, 0.3) is 0 Å². The summed E-state index contributed by atoms with van der Waals surface area (Å²) in [5, 5.41) is 9.43. The summed E-state index contributed by atoms with van der Waals surface area (Å²) >= 11 is 9.19. The van der Waals surface area contributed by atoms with Crippen LogP contribution in [-0.2, 0) is 4.74 Å². The van der Waals surface area contributed by atoms with Gasteiger partial charge in [-0.15, -0.1) is 0 Å². The highest BCUT2D eigenvalue weighted by atomic mass is 79.9. The van der Waals surface area contributed by atoms with Gasteiger partial charge in [0.2, 0.25) is 0 Å². The third-order valence-electron chi connectivity index (χ3n) is 1.70. The number of nitrogens with zero attached hydrogens (tertiary/aromatic N) is 1. The molecule has 1 aromatic rings. The summed E-state index contributed by atoms with van der Waals surface area (Å²) in [6.07, 6.45) is -0.536. The zero-order valence-electron chi connectivity index (χ0n) is 7.63. The van der Waals surface area contributed by atoms with Gasteiger partial charge in [-0.05, 0) is 40.5 Å². The molecule has 0 aliphatic heterocycles. The van der Waals surface area contributed by atoms with Gasteiger partial charge < -0.3 is 4.74 Å². The summed E-state index contributed by atoms with van der Waals surface area (Å²) in [5.41, 5.74) is 0.780. The minimum atomic E-state index is -0.536. The van der Waals surface area contributed by atoms with Crippen molar-refractivity contribution in [2.24, 2.45) is 0 Å². The van der Waals surface area contributed by atoms with E-state index in [0.29, 0.717) is 11.6 Å². The molecule has 0 bridgehead atoms. The molecule has 1 atom stereocenters. The van der Waals surface area contributed by atoms with Crippen LogP contribution < -0.4 is 0 Å². The first kappa shape index (κ1) is 11.5. The van der Waals surface area contributed by atoms with E-state index in [2.05, 4.69) is 22.0 Å². The Bertz CT molecular complexity index is 362. The van der Waals surface area contributed by atoms with E-state index in [4.69, 9.17) is 21.6 Å². The maximum atomic E-state index is 8.84. The molecule has 0 heterocycles. The van der Waals surface area contributed by atoms with Crippen LogP contribution in [0.2, 0.25) is 5.02 Å². The average molecular weight is 275 g/mol. The van der Waals surface area contributed by atoms with Gasteiger partial charge in [-0.2, -0.15) is 5.26 Å². The van der Waals surface area contributed by atoms with Gasteiger partial charge in [0, 0.05) is 11.1 Å². The molecule has 0 saturated carbocycles. The van der Waals surface area contributed by atoms with Gasteiger partial charge in [0.05, 0.1) is 11.1 Å². The molecule has 0 aliphatic carbocycles. The van der Waals surface area contributed by atoms with E-state index < -0.39 is 6.10 Å². The Balaban J connectivity index is 2.95.